The van der Waals surface area contributed by atoms with Crippen molar-refractivity contribution >= 4 is 5.69 Å². The van der Waals surface area contributed by atoms with Crippen molar-refractivity contribution in [1.82, 2.24) is 0 Å². The highest BCUT2D eigenvalue weighted by molar-refractivity contribution is 5.43. The Morgan fingerprint density at radius 2 is 1.91 bits per heavy atom. The first kappa shape index (κ1) is 7.92. The standard InChI is InChI=1S/C9H12NO/c1-7-5-4-6-9(8(7)2)10(3)11/h4-6H,1-3H3/q+1. The molecule has 0 aromatic heterocycles. The summed E-state index contributed by atoms with van der Waals surface area (Å²) in [5.41, 5.74) is 2.97. The zero-order valence-electron chi connectivity index (χ0n) is 7.09. The third-order valence-corrected chi connectivity index (χ3v) is 1.92. The van der Waals surface area contributed by atoms with E-state index >= 15 is 0 Å². The van der Waals surface area contributed by atoms with Gasteiger partial charge in [-0.2, -0.15) is 0 Å². The Morgan fingerprint density at radius 1 is 1.27 bits per heavy atom. The third kappa shape index (κ3) is 1.45. The number of hydrogen-bond acceptors (Lipinski definition) is 1. The van der Waals surface area contributed by atoms with E-state index in [0.717, 1.165) is 21.6 Å². The summed E-state index contributed by atoms with van der Waals surface area (Å²) in [5.74, 6) is 0. The molecule has 1 rings (SSSR count). The minimum atomic E-state index is 0.755. The topological polar surface area (TPSA) is 20.1 Å². The molecule has 0 aliphatic rings. The number of nitroso groups, excluding NO2 is 1. The van der Waals surface area contributed by atoms with Crippen molar-refractivity contribution in [1.29, 1.82) is 0 Å². The smallest absolute Gasteiger partial charge is 0.0586 e. The quantitative estimate of drug-likeness (QED) is 0.562. The number of aryl methyl sites for hydroxylation is 1. The van der Waals surface area contributed by atoms with Crippen LogP contribution in [-0.2, 0) is 0 Å². The van der Waals surface area contributed by atoms with Gasteiger partial charge in [-0.05, 0) is 19.4 Å². The zero-order chi connectivity index (χ0) is 8.43. The van der Waals surface area contributed by atoms with E-state index in [4.69, 9.17) is 0 Å². The maximum Gasteiger partial charge on any atom is 0.258 e. The van der Waals surface area contributed by atoms with Crippen LogP contribution in [0.15, 0.2) is 18.2 Å². The van der Waals surface area contributed by atoms with E-state index in [2.05, 4.69) is 0 Å². The van der Waals surface area contributed by atoms with Gasteiger partial charge in [-0.1, -0.05) is 12.1 Å². The summed E-state index contributed by atoms with van der Waals surface area (Å²) in [7, 11) is 1.52. The molecule has 0 amide bonds. The minimum Gasteiger partial charge on any atom is -0.0586 e. The van der Waals surface area contributed by atoms with Gasteiger partial charge in [0, 0.05) is 21.3 Å². The highest BCUT2D eigenvalue weighted by Gasteiger charge is 2.10. The molecule has 2 heteroatoms. The van der Waals surface area contributed by atoms with E-state index in [-0.39, 0.29) is 0 Å². The molecule has 0 unspecified atom stereocenters. The van der Waals surface area contributed by atoms with E-state index in [1.54, 1.807) is 0 Å². The van der Waals surface area contributed by atoms with Gasteiger partial charge in [-0.15, -0.1) is 0 Å². The lowest BCUT2D eigenvalue weighted by Gasteiger charge is -1.97. The molecule has 2 nitrogen and oxygen atoms in total. The van der Waals surface area contributed by atoms with E-state index in [0.29, 0.717) is 0 Å². The van der Waals surface area contributed by atoms with Gasteiger partial charge < -0.3 is 0 Å². The first-order chi connectivity index (χ1) is 5.13. The summed E-state index contributed by atoms with van der Waals surface area (Å²) in [6.07, 6.45) is 0. The predicted molar refractivity (Wildman–Crippen MR) is 45.1 cm³/mol. The van der Waals surface area contributed by atoms with Crippen molar-refractivity contribution in [2.45, 2.75) is 13.8 Å². The fraction of sp³-hybridized carbons (Fsp3) is 0.333. The van der Waals surface area contributed by atoms with Crippen LogP contribution in [0.4, 0.5) is 5.69 Å². The molecule has 0 bridgehead atoms. The third-order valence-electron chi connectivity index (χ3n) is 1.92. The monoisotopic (exact) mass is 150 g/mol. The lowest BCUT2D eigenvalue weighted by Crippen LogP contribution is -1.94. The Morgan fingerprint density at radius 3 is 2.36 bits per heavy atom. The van der Waals surface area contributed by atoms with Crippen LogP contribution < -0.4 is 0 Å². The molecule has 0 radical (unpaired) electrons. The zero-order valence-corrected chi connectivity index (χ0v) is 7.09. The van der Waals surface area contributed by atoms with Gasteiger partial charge in [0.2, 0.25) is 0 Å². The molecule has 0 atom stereocenters. The summed E-state index contributed by atoms with van der Waals surface area (Å²) in [6.45, 7) is 3.96. The van der Waals surface area contributed by atoms with Gasteiger partial charge in [0.25, 0.3) is 5.69 Å². The normalized spacial score (nSPS) is 9.73. The van der Waals surface area contributed by atoms with Crippen LogP contribution in [0.25, 0.3) is 0 Å². The number of benzene rings is 1. The molecule has 0 spiro atoms. The van der Waals surface area contributed by atoms with E-state index in [1.807, 2.05) is 32.0 Å². The number of rotatable bonds is 1. The van der Waals surface area contributed by atoms with Gasteiger partial charge in [0.15, 0.2) is 7.05 Å². The molecular formula is C9H12NO+. The summed E-state index contributed by atoms with van der Waals surface area (Å²) in [6, 6.07) is 5.73. The SMILES string of the molecule is Cc1cccc([N+](C)=O)c1C. The van der Waals surface area contributed by atoms with Gasteiger partial charge >= 0.3 is 0 Å². The van der Waals surface area contributed by atoms with Crippen molar-refractivity contribution < 1.29 is 4.76 Å². The van der Waals surface area contributed by atoms with Crippen LogP contribution in [-0.4, -0.2) is 11.8 Å². The number of nitrogens with zero attached hydrogens (tertiary/aromatic N) is 1. The highest BCUT2D eigenvalue weighted by Crippen LogP contribution is 2.19. The number of hydrogen-bond donors (Lipinski definition) is 0. The summed E-state index contributed by atoms with van der Waals surface area (Å²) in [4.78, 5) is 10.9. The van der Waals surface area contributed by atoms with Crippen LogP contribution in [0, 0.1) is 18.8 Å². The fourth-order valence-corrected chi connectivity index (χ4v) is 1.08. The largest absolute Gasteiger partial charge is 0.258 e. The Hall–Kier alpha value is -1.18. The summed E-state index contributed by atoms with van der Waals surface area (Å²) < 4.78 is 0.891. The van der Waals surface area contributed by atoms with Crippen LogP contribution in [0.5, 0.6) is 0 Å². The Labute approximate surface area is 66.4 Å². The molecular weight excluding hydrogens is 138 g/mol. The Balaban J connectivity index is 3.27. The van der Waals surface area contributed by atoms with Gasteiger partial charge in [-0.25, -0.2) is 0 Å². The van der Waals surface area contributed by atoms with Crippen molar-refractivity contribution in [2.24, 2.45) is 0 Å². The fourth-order valence-electron chi connectivity index (χ4n) is 1.08. The van der Waals surface area contributed by atoms with E-state index in [9.17, 15) is 4.91 Å². The second-order valence-corrected chi connectivity index (χ2v) is 2.72. The van der Waals surface area contributed by atoms with Gasteiger partial charge in [0.1, 0.15) is 0 Å². The molecule has 1 aromatic rings. The minimum absolute atomic E-state index is 0.755. The lowest BCUT2D eigenvalue weighted by molar-refractivity contribution is -0.428. The maximum atomic E-state index is 10.9. The van der Waals surface area contributed by atoms with E-state index < -0.39 is 0 Å². The van der Waals surface area contributed by atoms with Crippen molar-refractivity contribution in [2.75, 3.05) is 7.05 Å². The molecule has 11 heavy (non-hydrogen) atoms. The van der Waals surface area contributed by atoms with Crippen LogP contribution in [0.1, 0.15) is 11.1 Å². The Bertz CT molecular complexity index is 292. The second-order valence-electron chi connectivity index (χ2n) is 2.72. The van der Waals surface area contributed by atoms with Crippen molar-refractivity contribution in [3.8, 4) is 0 Å². The Kier molecular flexibility index (Phi) is 2.03. The molecule has 0 saturated carbocycles. The van der Waals surface area contributed by atoms with E-state index in [1.165, 1.54) is 7.05 Å². The highest BCUT2D eigenvalue weighted by atomic mass is 16.3. The summed E-state index contributed by atoms with van der Waals surface area (Å²) in [5, 5.41) is 0. The lowest BCUT2D eigenvalue weighted by atomic mass is 10.1. The average Bonchev–Trinajstić information content (AvgIpc) is 1.94. The molecule has 0 N–H and O–H groups in total. The molecule has 0 saturated heterocycles. The van der Waals surface area contributed by atoms with Gasteiger partial charge in [-0.3, -0.25) is 0 Å². The second kappa shape index (κ2) is 2.82. The van der Waals surface area contributed by atoms with Crippen molar-refractivity contribution in [3.63, 3.8) is 0 Å². The first-order valence-electron chi connectivity index (χ1n) is 3.60. The molecule has 0 heterocycles. The molecule has 1 aromatic carbocycles. The predicted octanol–water partition coefficient (Wildman–Crippen LogP) is 2.34. The van der Waals surface area contributed by atoms with Crippen LogP contribution in [0.3, 0.4) is 0 Å². The van der Waals surface area contributed by atoms with Gasteiger partial charge in [0.05, 0.1) is 0 Å². The molecule has 0 aliphatic carbocycles. The van der Waals surface area contributed by atoms with Crippen LogP contribution >= 0.6 is 0 Å². The van der Waals surface area contributed by atoms with Crippen LogP contribution in [0.2, 0.25) is 0 Å². The molecule has 58 valence electrons. The molecule has 0 fully saturated rings. The summed E-state index contributed by atoms with van der Waals surface area (Å²) >= 11 is 0. The first-order valence-corrected chi connectivity index (χ1v) is 3.60. The molecule has 0 aliphatic heterocycles. The van der Waals surface area contributed by atoms with Crippen molar-refractivity contribution in [3.05, 3.63) is 34.2 Å². The maximum absolute atomic E-state index is 10.9. The average molecular weight is 150 g/mol.